The van der Waals surface area contributed by atoms with Crippen LogP contribution < -0.4 is 0 Å². The number of amides is 2. The van der Waals surface area contributed by atoms with Crippen molar-refractivity contribution in [3.05, 3.63) is 108 Å². The Morgan fingerprint density at radius 1 is 0.816 bits per heavy atom. The van der Waals surface area contributed by atoms with Crippen molar-refractivity contribution in [2.24, 2.45) is 0 Å². The van der Waals surface area contributed by atoms with E-state index >= 15 is 0 Å². The predicted octanol–water partition coefficient (Wildman–Crippen LogP) is 5.95. The van der Waals surface area contributed by atoms with Gasteiger partial charge < -0.3 is 4.42 Å². The fraction of sp³-hybridized carbons (Fsp3) is 0.100. The molecule has 0 bridgehead atoms. The van der Waals surface area contributed by atoms with Gasteiger partial charge in [-0.05, 0) is 24.1 Å². The number of fused-ring (bicyclic) bond motifs is 4. The third-order valence-electron chi connectivity index (χ3n) is 6.97. The van der Waals surface area contributed by atoms with Crippen LogP contribution in [0.25, 0.3) is 39.2 Å². The molecule has 0 saturated heterocycles. The van der Waals surface area contributed by atoms with Gasteiger partial charge >= 0.3 is 0 Å². The summed E-state index contributed by atoms with van der Waals surface area (Å²) in [6.45, 7) is 1.91. The van der Waals surface area contributed by atoms with Gasteiger partial charge in [0.15, 0.2) is 11.5 Å². The molecule has 1 aliphatic rings. The predicted molar refractivity (Wildman–Crippen MR) is 141 cm³/mol. The molecule has 0 fully saturated rings. The van der Waals surface area contributed by atoms with Gasteiger partial charge in [-0.3, -0.25) is 14.5 Å². The van der Waals surface area contributed by atoms with Crippen LogP contribution in [0.1, 0.15) is 45.9 Å². The van der Waals surface area contributed by atoms with Gasteiger partial charge in [0.2, 0.25) is 5.71 Å². The molecule has 0 saturated carbocycles. The molecule has 0 radical (unpaired) electrons. The minimum atomic E-state index is -0.627. The first-order valence-corrected chi connectivity index (χ1v) is 12.4. The largest absolute Gasteiger partial charge is 0.437 e. The van der Waals surface area contributed by atoms with Crippen LogP contribution in [0.4, 0.5) is 0 Å². The lowest BCUT2D eigenvalue weighted by Crippen LogP contribution is -2.34. The fourth-order valence-electron chi connectivity index (χ4n) is 5.20. The monoisotopic (exact) mass is 499 g/mol. The van der Waals surface area contributed by atoms with E-state index < -0.39 is 6.04 Å². The summed E-state index contributed by atoms with van der Waals surface area (Å²) in [4.78, 5) is 37.2. The zero-order valence-corrected chi connectivity index (χ0v) is 20.4. The van der Waals surface area contributed by atoms with Crippen molar-refractivity contribution in [3.63, 3.8) is 0 Å². The Labute approximate surface area is 217 Å². The lowest BCUT2D eigenvalue weighted by Gasteiger charge is -2.22. The first kappa shape index (κ1) is 22.1. The van der Waals surface area contributed by atoms with Crippen molar-refractivity contribution >= 4 is 28.6 Å². The molecule has 6 aromatic rings. The fourth-order valence-corrected chi connectivity index (χ4v) is 5.20. The summed E-state index contributed by atoms with van der Waals surface area (Å²) in [5, 5.41) is 5.40. The number of benzene rings is 3. The number of rotatable bonds is 5. The van der Waals surface area contributed by atoms with Gasteiger partial charge in [0, 0.05) is 11.1 Å². The highest BCUT2D eigenvalue weighted by Crippen LogP contribution is 2.42. The van der Waals surface area contributed by atoms with Crippen molar-refractivity contribution in [1.29, 1.82) is 0 Å². The van der Waals surface area contributed by atoms with Crippen molar-refractivity contribution in [3.8, 4) is 22.5 Å². The summed E-state index contributed by atoms with van der Waals surface area (Å²) in [6, 6.07) is 26.1. The molecule has 38 heavy (non-hydrogen) atoms. The highest BCUT2D eigenvalue weighted by Gasteiger charge is 2.41. The van der Waals surface area contributed by atoms with Gasteiger partial charge in [0.05, 0.1) is 16.5 Å². The molecule has 0 unspecified atom stereocenters. The molecular weight excluding hydrogens is 478 g/mol. The smallest absolute Gasteiger partial charge is 0.262 e. The van der Waals surface area contributed by atoms with Crippen LogP contribution >= 0.6 is 0 Å². The number of hydrogen-bond acceptors (Lipinski definition) is 6. The molecule has 3 aromatic carbocycles. The number of hydrogen-bond donors (Lipinski definition) is 0. The van der Waals surface area contributed by atoms with Crippen LogP contribution in [0.3, 0.4) is 0 Å². The van der Waals surface area contributed by atoms with Gasteiger partial charge in [-0.15, -0.1) is 5.10 Å². The maximum Gasteiger partial charge on any atom is 0.262 e. The number of carbonyl (C=O) groups is 2. The number of furan rings is 1. The number of nitrogens with zero attached hydrogens (tertiary/aromatic N) is 5. The number of carbonyl (C=O) groups excluding carboxylic acids is 2. The molecule has 1 atom stereocenters. The second-order valence-electron chi connectivity index (χ2n) is 9.15. The molecule has 4 heterocycles. The van der Waals surface area contributed by atoms with Gasteiger partial charge in [0.25, 0.3) is 11.8 Å². The molecule has 184 valence electrons. The first-order chi connectivity index (χ1) is 18.7. The minimum Gasteiger partial charge on any atom is -0.437 e. The molecule has 2 amide bonds. The van der Waals surface area contributed by atoms with Crippen LogP contribution in [0.2, 0.25) is 0 Å². The summed E-state index contributed by atoms with van der Waals surface area (Å²) >= 11 is 0. The molecule has 3 aromatic heterocycles. The van der Waals surface area contributed by atoms with Crippen molar-refractivity contribution in [2.75, 3.05) is 0 Å². The minimum absolute atomic E-state index is 0.334. The summed E-state index contributed by atoms with van der Waals surface area (Å²) in [5.74, 6) is 0.389. The summed E-state index contributed by atoms with van der Waals surface area (Å²) in [6.07, 6.45) is 2.02. The Morgan fingerprint density at radius 3 is 2.05 bits per heavy atom. The molecule has 1 aliphatic heterocycles. The van der Waals surface area contributed by atoms with Crippen LogP contribution in [0.15, 0.2) is 95.7 Å². The lowest BCUT2D eigenvalue weighted by molar-refractivity contribution is 0.0570. The van der Waals surface area contributed by atoms with E-state index in [1.165, 1.54) is 4.90 Å². The quantitative estimate of drug-likeness (QED) is 0.272. The van der Waals surface area contributed by atoms with Crippen molar-refractivity contribution < 1.29 is 14.0 Å². The van der Waals surface area contributed by atoms with E-state index in [9.17, 15) is 9.59 Å². The maximum absolute atomic E-state index is 13.2. The van der Waals surface area contributed by atoms with Gasteiger partial charge in [-0.1, -0.05) is 79.7 Å². The second-order valence-corrected chi connectivity index (χ2v) is 9.15. The Bertz CT molecular complexity index is 1820. The van der Waals surface area contributed by atoms with E-state index in [4.69, 9.17) is 9.40 Å². The zero-order valence-electron chi connectivity index (χ0n) is 20.4. The van der Waals surface area contributed by atoms with Gasteiger partial charge in [0.1, 0.15) is 18.1 Å². The Morgan fingerprint density at radius 2 is 1.42 bits per heavy atom. The van der Waals surface area contributed by atoms with E-state index in [0.717, 1.165) is 16.7 Å². The normalized spacial score (nSPS) is 14.0. The van der Waals surface area contributed by atoms with E-state index in [2.05, 4.69) is 10.1 Å². The van der Waals surface area contributed by atoms with E-state index in [-0.39, 0.29) is 11.8 Å². The van der Waals surface area contributed by atoms with E-state index in [1.54, 1.807) is 35.1 Å². The number of imide groups is 1. The number of aromatic nitrogens is 4. The van der Waals surface area contributed by atoms with Gasteiger partial charge in [-0.25, -0.2) is 14.5 Å². The third-order valence-corrected chi connectivity index (χ3v) is 6.97. The molecule has 0 N–H and O–H groups in total. The molecule has 8 heteroatoms. The van der Waals surface area contributed by atoms with Crippen LogP contribution in [0.5, 0.6) is 0 Å². The molecule has 7 rings (SSSR count). The van der Waals surface area contributed by atoms with Gasteiger partial charge in [-0.2, -0.15) is 0 Å². The summed E-state index contributed by atoms with van der Waals surface area (Å²) in [5.41, 5.74) is 4.51. The first-order valence-electron chi connectivity index (χ1n) is 12.4. The highest BCUT2D eigenvalue weighted by atomic mass is 16.3. The average molecular weight is 500 g/mol. The second kappa shape index (κ2) is 8.48. The van der Waals surface area contributed by atoms with Crippen LogP contribution in [-0.2, 0) is 0 Å². The summed E-state index contributed by atoms with van der Waals surface area (Å²) in [7, 11) is 0. The average Bonchev–Trinajstić information content (AvgIpc) is 3.64. The Hall–Kier alpha value is -5.11. The molecule has 0 spiro atoms. The Kier molecular flexibility index (Phi) is 4.94. The lowest BCUT2D eigenvalue weighted by atomic mass is 9.99. The molecule has 0 aliphatic carbocycles. The summed E-state index contributed by atoms with van der Waals surface area (Å²) < 4.78 is 7.90. The van der Waals surface area contributed by atoms with E-state index in [0.29, 0.717) is 45.9 Å². The SMILES string of the molecule is CC[C@H](c1nc2c3c(-c4ccccc4)c(-c4ccccc4)oc3ncn2n1)N1C(=O)c2ccccc2C1=O. The highest BCUT2D eigenvalue weighted by molar-refractivity contribution is 6.21. The van der Waals surface area contributed by atoms with Crippen LogP contribution in [-0.4, -0.2) is 36.3 Å². The third kappa shape index (κ3) is 3.20. The topological polar surface area (TPSA) is 93.6 Å². The van der Waals surface area contributed by atoms with Crippen molar-refractivity contribution in [1.82, 2.24) is 24.5 Å². The van der Waals surface area contributed by atoms with E-state index in [1.807, 2.05) is 67.6 Å². The van der Waals surface area contributed by atoms with Crippen molar-refractivity contribution in [2.45, 2.75) is 19.4 Å². The van der Waals surface area contributed by atoms with Crippen LogP contribution in [0, 0.1) is 0 Å². The zero-order chi connectivity index (χ0) is 25.8. The maximum atomic E-state index is 13.2. The standard InChI is InChI=1S/C30H21N5O3/c1-2-22(35-29(36)20-15-9-10-16-21(20)30(35)37)26-32-27-24-23(18-11-5-3-6-12-18)25(19-13-7-4-8-14-19)38-28(24)31-17-34(27)33-26/h3-17,22H,2H2,1H3/t22-/m1/s1. The Balaban J connectivity index is 1.43. The molecular formula is C30H21N5O3. The molecule has 8 nitrogen and oxygen atoms in total.